The van der Waals surface area contributed by atoms with Crippen molar-refractivity contribution in [3.05, 3.63) is 30.0 Å². The van der Waals surface area contributed by atoms with Crippen molar-refractivity contribution >= 4 is 17.5 Å². The van der Waals surface area contributed by atoms with Crippen molar-refractivity contribution in [3.63, 3.8) is 0 Å². The minimum Gasteiger partial charge on any atom is -0.476 e. The lowest BCUT2D eigenvalue weighted by molar-refractivity contribution is -0.274. The van der Waals surface area contributed by atoms with Gasteiger partial charge in [-0.15, -0.1) is 18.3 Å². The van der Waals surface area contributed by atoms with E-state index in [2.05, 4.69) is 25.5 Å². The summed E-state index contributed by atoms with van der Waals surface area (Å²) in [6, 6.07) is 4.72. The monoisotopic (exact) mass is 288 g/mol. The Morgan fingerprint density at radius 1 is 1.30 bits per heavy atom. The van der Waals surface area contributed by atoms with Gasteiger partial charge in [-0.2, -0.15) is 0 Å². The number of aromatic amines is 1. The molecule has 0 saturated heterocycles. The van der Waals surface area contributed by atoms with Crippen molar-refractivity contribution in [2.24, 2.45) is 0 Å². The third-order valence-corrected chi connectivity index (χ3v) is 2.11. The molecular weight excluding hydrogens is 281 g/mol. The van der Waals surface area contributed by atoms with Gasteiger partial charge in [-0.25, -0.2) is 9.89 Å². The van der Waals surface area contributed by atoms with Crippen molar-refractivity contribution in [2.75, 3.05) is 5.32 Å². The Balaban J connectivity index is 2.11. The van der Waals surface area contributed by atoms with E-state index in [1.54, 1.807) is 0 Å². The number of nitrogens with zero attached hydrogens (tertiary/aromatic N) is 2. The van der Waals surface area contributed by atoms with Gasteiger partial charge in [0.15, 0.2) is 11.5 Å². The van der Waals surface area contributed by atoms with E-state index in [-0.39, 0.29) is 17.3 Å². The van der Waals surface area contributed by atoms with Gasteiger partial charge in [-0.1, -0.05) is 5.21 Å². The van der Waals surface area contributed by atoms with Crippen LogP contribution in [0.1, 0.15) is 10.5 Å². The molecule has 0 saturated carbocycles. The molecule has 1 heterocycles. The smallest absolute Gasteiger partial charge is 0.476 e. The maximum atomic E-state index is 12.0. The van der Waals surface area contributed by atoms with Crippen LogP contribution in [0.3, 0.4) is 0 Å². The van der Waals surface area contributed by atoms with Crippen LogP contribution < -0.4 is 10.1 Å². The molecule has 106 valence electrons. The topological polar surface area (TPSA) is 100 Å². The van der Waals surface area contributed by atoms with Gasteiger partial charge in [0.2, 0.25) is 0 Å². The zero-order chi connectivity index (χ0) is 14.8. The van der Waals surface area contributed by atoms with Crippen LogP contribution >= 0.6 is 0 Å². The number of carboxylic acids is 1. The summed E-state index contributed by atoms with van der Waals surface area (Å²) in [6.45, 7) is 0. The molecule has 0 atom stereocenters. The lowest BCUT2D eigenvalue weighted by atomic mass is 10.3. The summed E-state index contributed by atoms with van der Waals surface area (Å²) < 4.78 is 39.6. The van der Waals surface area contributed by atoms with Gasteiger partial charge >= 0.3 is 12.3 Å². The molecule has 7 nitrogen and oxygen atoms in total. The molecule has 1 aromatic heterocycles. The number of aromatic nitrogens is 3. The Labute approximate surface area is 109 Å². The number of H-pyrrole nitrogens is 1. The SMILES string of the molecule is O=C(O)c1[nH]nnc1Nc1ccc(OC(F)(F)F)cc1. The summed E-state index contributed by atoms with van der Waals surface area (Å²) in [6.07, 6.45) is -4.77. The minimum absolute atomic E-state index is 0.0537. The highest BCUT2D eigenvalue weighted by molar-refractivity contribution is 5.91. The molecule has 3 N–H and O–H groups in total. The normalized spacial score (nSPS) is 11.2. The highest BCUT2D eigenvalue weighted by Crippen LogP contribution is 2.25. The molecule has 10 heteroatoms. The fraction of sp³-hybridized carbons (Fsp3) is 0.100. The molecule has 0 radical (unpaired) electrons. The Hall–Kier alpha value is -2.78. The molecule has 20 heavy (non-hydrogen) atoms. The molecule has 0 aliphatic carbocycles. The molecule has 0 unspecified atom stereocenters. The molecule has 2 rings (SSSR count). The molecular formula is C10H7F3N4O3. The fourth-order valence-corrected chi connectivity index (χ4v) is 1.34. The predicted octanol–water partition coefficient (Wildman–Crippen LogP) is 2.15. The van der Waals surface area contributed by atoms with Crippen molar-refractivity contribution < 1.29 is 27.8 Å². The zero-order valence-electron chi connectivity index (χ0n) is 9.60. The number of alkyl halides is 3. The lowest BCUT2D eigenvalue weighted by Gasteiger charge is -2.09. The average Bonchev–Trinajstić information content (AvgIpc) is 2.78. The van der Waals surface area contributed by atoms with Crippen LogP contribution in [0, 0.1) is 0 Å². The van der Waals surface area contributed by atoms with Crippen LogP contribution in [0.5, 0.6) is 5.75 Å². The Morgan fingerprint density at radius 3 is 2.50 bits per heavy atom. The summed E-state index contributed by atoms with van der Waals surface area (Å²) >= 11 is 0. The minimum atomic E-state index is -4.77. The number of anilines is 2. The second-order valence-corrected chi connectivity index (χ2v) is 3.54. The molecule has 0 aliphatic rings. The Morgan fingerprint density at radius 2 is 1.95 bits per heavy atom. The molecule has 0 fully saturated rings. The predicted molar refractivity (Wildman–Crippen MR) is 59.7 cm³/mol. The number of aromatic carboxylic acids is 1. The second kappa shape index (κ2) is 5.07. The van der Waals surface area contributed by atoms with Crippen LogP contribution in [0.15, 0.2) is 24.3 Å². The Bertz CT molecular complexity index is 609. The van der Waals surface area contributed by atoms with Gasteiger partial charge in [-0.05, 0) is 24.3 Å². The van der Waals surface area contributed by atoms with Crippen LogP contribution in [0.25, 0.3) is 0 Å². The molecule has 1 aromatic carbocycles. The molecule has 0 spiro atoms. The van der Waals surface area contributed by atoms with Gasteiger partial charge in [0, 0.05) is 5.69 Å². The largest absolute Gasteiger partial charge is 0.573 e. The van der Waals surface area contributed by atoms with Gasteiger partial charge in [0.25, 0.3) is 0 Å². The highest BCUT2D eigenvalue weighted by atomic mass is 19.4. The first-order valence-electron chi connectivity index (χ1n) is 5.12. The second-order valence-electron chi connectivity index (χ2n) is 3.54. The standard InChI is InChI=1S/C10H7F3N4O3/c11-10(12,13)20-6-3-1-5(2-4-6)14-8-7(9(18)19)15-17-16-8/h1-4H,(H,18,19)(H2,14,15,16,17). The quantitative estimate of drug-likeness (QED) is 0.797. The van der Waals surface area contributed by atoms with E-state index >= 15 is 0 Å². The molecule has 0 aliphatic heterocycles. The molecule has 0 amide bonds. The van der Waals surface area contributed by atoms with Crippen LogP contribution in [0.4, 0.5) is 24.7 Å². The number of hydrogen-bond donors (Lipinski definition) is 3. The van der Waals surface area contributed by atoms with E-state index in [0.29, 0.717) is 5.69 Å². The van der Waals surface area contributed by atoms with Crippen LogP contribution in [-0.4, -0.2) is 32.8 Å². The maximum Gasteiger partial charge on any atom is 0.573 e. The van der Waals surface area contributed by atoms with E-state index in [9.17, 15) is 18.0 Å². The summed E-state index contributed by atoms with van der Waals surface area (Å²) in [7, 11) is 0. The summed E-state index contributed by atoms with van der Waals surface area (Å²) in [5, 5.41) is 20.4. The summed E-state index contributed by atoms with van der Waals surface area (Å²) in [4.78, 5) is 10.8. The van der Waals surface area contributed by atoms with Crippen molar-refractivity contribution in [1.82, 2.24) is 15.4 Å². The van der Waals surface area contributed by atoms with Crippen molar-refractivity contribution in [3.8, 4) is 5.75 Å². The van der Waals surface area contributed by atoms with Gasteiger partial charge in [0.1, 0.15) is 5.75 Å². The van der Waals surface area contributed by atoms with Crippen LogP contribution in [0.2, 0.25) is 0 Å². The third kappa shape index (κ3) is 3.37. The van der Waals surface area contributed by atoms with Gasteiger partial charge < -0.3 is 15.2 Å². The fourth-order valence-electron chi connectivity index (χ4n) is 1.34. The first-order chi connectivity index (χ1) is 9.35. The van der Waals surface area contributed by atoms with E-state index in [0.717, 1.165) is 12.1 Å². The third-order valence-electron chi connectivity index (χ3n) is 2.11. The average molecular weight is 288 g/mol. The number of ether oxygens (including phenoxy) is 1. The Kier molecular flexibility index (Phi) is 3.46. The van der Waals surface area contributed by atoms with Crippen molar-refractivity contribution in [2.45, 2.75) is 6.36 Å². The van der Waals surface area contributed by atoms with E-state index in [1.165, 1.54) is 12.1 Å². The first-order valence-corrected chi connectivity index (χ1v) is 5.12. The van der Waals surface area contributed by atoms with Crippen LogP contribution in [-0.2, 0) is 0 Å². The van der Waals surface area contributed by atoms with Crippen molar-refractivity contribution in [1.29, 1.82) is 0 Å². The lowest BCUT2D eigenvalue weighted by Crippen LogP contribution is -2.17. The number of hydrogen-bond acceptors (Lipinski definition) is 5. The van der Waals surface area contributed by atoms with E-state index in [1.807, 2.05) is 0 Å². The molecule has 2 aromatic rings. The molecule has 0 bridgehead atoms. The number of nitrogens with one attached hydrogen (secondary N) is 2. The first kappa shape index (κ1) is 13.6. The van der Waals surface area contributed by atoms with E-state index < -0.39 is 12.3 Å². The van der Waals surface area contributed by atoms with Gasteiger partial charge in [-0.3, -0.25) is 0 Å². The number of halogens is 3. The number of carbonyl (C=O) groups is 1. The van der Waals surface area contributed by atoms with E-state index in [4.69, 9.17) is 5.11 Å². The number of benzene rings is 1. The number of carboxylic acid groups (broad SMARTS) is 1. The zero-order valence-corrected chi connectivity index (χ0v) is 9.60. The summed E-state index contributed by atoms with van der Waals surface area (Å²) in [5.41, 5.74) is 0.0662. The van der Waals surface area contributed by atoms with Gasteiger partial charge in [0.05, 0.1) is 0 Å². The highest BCUT2D eigenvalue weighted by Gasteiger charge is 2.30. The maximum absolute atomic E-state index is 12.0. The number of rotatable bonds is 4. The summed E-state index contributed by atoms with van der Waals surface area (Å²) in [5.74, 6) is -1.71.